The van der Waals surface area contributed by atoms with Crippen molar-refractivity contribution in [2.24, 2.45) is 0 Å². The van der Waals surface area contributed by atoms with Gasteiger partial charge in [-0.05, 0) is 18.6 Å². The van der Waals surface area contributed by atoms with E-state index in [0.717, 1.165) is 24.3 Å². The molecule has 0 aliphatic carbocycles. The van der Waals surface area contributed by atoms with Crippen LogP contribution in [0.25, 0.3) is 0 Å². The summed E-state index contributed by atoms with van der Waals surface area (Å²) in [5.74, 6) is 0.710. The molecule has 1 aliphatic rings. The molecule has 6 heteroatoms. The summed E-state index contributed by atoms with van der Waals surface area (Å²) in [4.78, 5) is 13.2. The number of amides is 2. The van der Waals surface area contributed by atoms with Crippen LogP contribution >= 0.6 is 11.6 Å². The van der Waals surface area contributed by atoms with Crippen molar-refractivity contribution in [1.82, 2.24) is 10.2 Å². The van der Waals surface area contributed by atoms with Crippen LogP contribution in [0.15, 0.2) is 12.1 Å². The van der Waals surface area contributed by atoms with Crippen molar-refractivity contribution < 1.29 is 9.53 Å². The van der Waals surface area contributed by atoms with Crippen molar-refractivity contribution in [3.05, 3.63) is 22.7 Å². The first-order valence-electron chi connectivity index (χ1n) is 6.22. The smallest absolute Gasteiger partial charge is 0.317 e. The molecule has 19 heavy (non-hydrogen) atoms. The number of ether oxygens (including phenoxy) is 1. The summed E-state index contributed by atoms with van der Waals surface area (Å²) in [6.07, 6.45) is 0. The van der Waals surface area contributed by atoms with Crippen molar-refractivity contribution in [2.45, 2.75) is 6.92 Å². The van der Waals surface area contributed by atoms with Crippen LogP contribution in [0.2, 0.25) is 5.02 Å². The molecule has 0 radical (unpaired) electrons. The Kier molecular flexibility index (Phi) is 4.37. The molecule has 0 atom stereocenters. The van der Waals surface area contributed by atoms with E-state index in [1.807, 2.05) is 13.0 Å². The number of carbonyl (C=O) groups excluding carboxylic acids is 1. The van der Waals surface area contributed by atoms with Gasteiger partial charge < -0.3 is 20.3 Å². The molecule has 2 rings (SSSR count). The predicted octanol–water partition coefficient (Wildman–Crippen LogP) is 2.09. The molecule has 0 unspecified atom stereocenters. The van der Waals surface area contributed by atoms with Crippen LogP contribution in [0.5, 0.6) is 5.75 Å². The van der Waals surface area contributed by atoms with Gasteiger partial charge >= 0.3 is 6.03 Å². The number of aryl methyl sites for hydroxylation is 1. The van der Waals surface area contributed by atoms with E-state index < -0.39 is 0 Å². The van der Waals surface area contributed by atoms with E-state index in [9.17, 15) is 4.79 Å². The third-order valence-corrected chi connectivity index (χ3v) is 3.53. The molecule has 0 bridgehead atoms. The summed E-state index contributed by atoms with van der Waals surface area (Å²) in [6, 6.07) is 3.74. The van der Waals surface area contributed by atoms with Gasteiger partial charge in [0.2, 0.25) is 0 Å². The van der Waals surface area contributed by atoms with Crippen molar-refractivity contribution in [1.29, 1.82) is 0 Å². The van der Waals surface area contributed by atoms with Crippen LogP contribution in [0.3, 0.4) is 0 Å². The van der Waals surface area contributed by atoms with E-state index in [1.54, 1.807) is 18.1 Å². The fourth-order valence-electron chi connectivity index (χ4n) is 2.02. The maximum atomic E-state index is 11.4. The molecule has 1 aromatic carbocycles. The van der Waals surface area contributed by atoms with Crippen molar-refractivity contribution in [3.8, 4) is 5.75 Å². The molecule has 5 nitrogen and oxygen atoms in total. The number of nitrogens with zero attached hydrogens (tertiary/aromatic N) is 1. The number of hydrogen-bond acceptors (Lipinski definition) is 3. The fourth-order valence-corrected chi connectivity index (χ4v) is 2.17. The second-order valence-electron chi connectivity index (χ2n) is 4.45. The second kappa shape index (κ2) is 6.02. The zero-order chi connectivity index (χ0) is 13.8. The second-order valence-corrected chi connectivity index (χ2v) is 4.85. The van der Waals surface area contributed by atoms with Crippen molar-refractivity contribution in [2.75, 3.05) is 38.6 Å². The highest BCUT2D eigenvalue weighted by molar-refractivity contribution is 6.31. The lowest BCUT2D eigenvalue weighted by atomic mass is 10.2. The lowest BCUT2D eigenvalue weighted by molar-refractivity contribution is 0.219. The molecule has 2 amide bonds. The van der Waals surface area contributed by atoms with Gasteiger partial charge in [0.25, 0.3) is 0 Å². The molecular weight excluding hydrogens is 266 g/mol. The molecular formula is C13H18ClN3O2. The minimum absolute atomic E-state index is 0.000974. The summed E-state index contributed by atoms with van der Waals surface area (Å²) in [5.41, 5.74) is 1.88. The Morgan fingerprint density at radius 2 is 2.32 bits per heavy atom. The number of carbonyl (C=O) groups is 1. The molecule has 0 spiro atoms. The highest BCUT2D eigenvalue weighted by Crippen LogP contribution is 2.30. The normalized spacial score (nSPS) is 14.5. The van der Waals surface area contributed by atoms with Crippen LogP contribution in [0, 0.1) is 6.92 Å². The lowest BCUT2D eigenvalue weighted by Crippen LogP contribution is -2.32. The van der Waals surface area contributed by atoms with E-state index in [1.165, 1.54) is 0 Å². The molecule has 0 saturated carbocycles. The fraction of sp³-hybridized carbons (Fsp3) is 0.462. The lowest BCUT2D eigenvalue weighted by Gasteiger charge is -2.17. The van der Waals surface area contributed by atoms with Gasteiger partial charge in [0.1, 0.15) is 5.75 Å². The molecule has 1 aromatic rings. The highest BCUT2D eigenvalue weighted by Gasteiger charge is 2.18. The van der Waals surface area contributed by atoms with Gasteiger partial charge in [-0.25, -0.2) is 4.79 Å². The van der Waals surface area contributed by atoms with Crippen LogP contribution in [0.4, 0.5) is 10.5 Å². The van der Waals surface area contributed by atoms with Gasteiger partial charge in [0.15, 0.2) is 0 Å². The Labute approximate surface area is 117 Å². The number of nitrogens with one attached hydrogen (secondary N) is 2. The third-order valence-electron chi connectivity index (χ3n) is 3.12. The number of halogens is 1. The molecule has 1 aliphatic heterocycles. The van der Waals surface area contributed by atoms with Gasteiger partial charge in [-0.15, -0.1) is 0 Å². The zero-order valence-corrected chi connectivity index (χ0v) is 11.9. The average Bonchev–Trinajstić information content (AvgIpc) is 2.79. The summed E-state index contributed by atoms with van der Waals surface area (Å²) < 4.78 is 5.28. The average molecular weight is 284 g/mol. The first-order chi connectivity index (χ1) is 9.11. The minimum Gasteiger partial charge on any atom is -0.495 e. The molecule has 2 N–H and O–H groups in total. The summed E-state index contributed by atoms with van der Waals surface area (Å²) in [6.45, 7) is 4.77. The third kappa shape index (κ3) is 3.23. The standard InChI is InChI=1S/C13H18ClN3O2/c1-9-7-11(12(19-2)8-10(9)14)15-3-5-17-6-4-16-13(17)18/h7-8,15H,3-6H2,1-2H3,(H,16,18). The van der Waals surface area contributed by atoms with Gasteiger partial charge in [-0.1, -0.05) is 11.6 Å². The van der Waals surface area contributed by atoms with E-state index in [4.69, 9.17) is 16.3 Å². The van der Waals surface area contributed by atoms with E-state index in [2.05, 4.69) is 10.6 Å². The van der Waals surface area contributed by atoms with Crippen molar-refractivity contribution >= 4 is 23.3 Å². The Balaban J connectivity index is 1.95. The van der Waals surface area contributed by atoms with E-state index in [-0.39, 0.29) is 6.03 Å². The molecule has 104 valence electrons. The highest BCUT2D eigenvalue weighted by atomic mass is 35.5. The summed E-state index contributed by atoms with van der Waals surface area (Å²) in [5, 5.41) is 6.73. The monoisotopic (exact) mass is 283 g/mol. The van der Waals surface area contributed by atoms with Crippen LogP contribution in [0.1, 0.15) is 5.56 Å². The first kappa shape index (κ1) is 13.8. The summed E-state index contributed by atoms with van der Waals surface area (Å²) >= 11 is 6.05. The number of methoxy groups -OCH3 is 1. The SMILES string of the molecule is COc1cc(Cl)c(C)cc1NCCN1CCNC1=O. The number of rotatable bonds is 5. The zero-order valence-electron chi connectivity index (χ0n) is 11.1. The molecule has 0 aromatic heterocycles. The van der Waals surface area contributed by atoms with Crippen molar-refractivity contribution in [3.63, 3.8) is 0 Å². The van der Waals surface area contributed by atoms with Crippen LogP contribution < -0.4 is 15.4 Å². The van der Waals surface area contributed by atoms with Gasteiger partial charge in [-0.3, -0.25) is 0 Å². The quantitative estimate of drug-likeness (QED) is 0.870. The maximum Gasteiger partial charge on any atom is 0.317 e. The molecule has 1 saturated heterocycles. The van der Waals surface area contributed by atoms with Crippen LogP contribution in [-0.4, -0.2) is 44.2 Å². The van der Waals surface area contributed by atoms with E-state index in [0.29, 0.717) is 23.9 Å². The Morgan fingerprint density at radius 3 is 2.95 bits per heavy atom. The number of anilines is 1. The van der Waals surface area contributed by atoms with Gasteiger partial charge in [0, 0.05) is 37.3 Å². The Hall–Kier alpha value is -1.62. The molecule has 1 heterocycles. The maximum absolute atomic E-state index is 11.4. The Morgan fingerprint density at radius 1 is 1.53 bits per heavy atom. The molecule has 1 fully saturated rings. The number of hydrogen-bond donors (Lipinski definition) is 2. The number of benzene rings is 1. The first-order valence-corrected chi connectivity index (χ1v) is 6.60. The minimum atomic E-state index is 0.000974. The predicted molar refractivity (Wildman–Crippen MR) is 76.2 cm³/mol. The van der Waals surface area contributed by atoms with Crippen LogP contribution in [-0.2, 0) is 0 Å². The van der Waals surface area contributed by atoms with Gasteiger partial charge in [0.05, 0.1) is 12.8 Å². The number of urea groups is 1. The van der Waals surface area contributed by atoms with Gasteiger partial charge in [-0.2, -0.15) is 0 Å². The Bertz CT molecular complexity index is 479. The largest absolute Gasteiger partial charge is 0.495 e. The summed E-state index contributed by atoms with van der Waals surface area (Å²) in [7, 11) is 1.61. The van der Waals surface area contributed by atoms with E-state index >= 15 is 0 Å². The topological polar surface area (TPSA) is 53.6 Å².